The van der Waals surface area contributed by atoms with Gasteiger partial charge in [-0.25, -0.2) is 13.1 Å². The second kappa shape index (κ2) is 7.76. The van der Waals surface area contributed by atoms with Crippen LogP contribution < -0.4 is 10.0 Å². The highest BCUT2D eigenvalue weighted by atomic mass is 32.2. The molecule has 1 aliphatic carbocycles. The predicted octanol–water partition coefficient (Wildman–Crippen LogP) is 2.65. The molecule has 0 aromatic rings. The van der Waals surface area contributed by atoms with Gasteiger partial charge < -0.3 is 5.32 Å². The summed E-state index contributed by atoms with van der Waals surface area (Å²) in [6.07, 6.45) is 5.92. The number of hydrogen-bond acceptors (Lipinski definition) is 3. The molecular weight excluding hydrogens is 272 g/mol. The molecule has 20 heavy (non-hydrogen) atoms. The van der Waals surface area contributed by atoms with Crippen LogP contribution in [-0.4, -0.2) is 32.8 Å². The molecule has 0 heterocycles. The van der Waals surface area contributed by atoms with E-state index in [1.54, 1.807) is 0 Å². The summed E-state index contributed by atoms with van der Waals surface area (Å²) in [6.45, 7) is 9.46. The average Bonchev–Trinajstić information content (AvgIpc) is 2.35. The Morgan fingerprint density at radius 2 is 1.60 bits per heavy atom. The van der Waals surface area contributed by atoms with Crippen molar-refractivity contribution in [2.24, 2.45) is 5.41 Å². The Kier molecular flexibility index (Phi) is 6.95. The van der Waals surface area contributed by atoms with Crippen LogP contribution in [0.15, 0.2) is 0 Å². The van der Waals surface area contributed by atoms with Gasteiger partial charge in [-0.3, -0.25) is 0 Å². The van der Waals surface area contributed by atoms with E-state index < -0.39 is 10.0 Å². The van der Waals surface area contributed by atoms with Gasteiger partial charge in [-0.05, 0) is 50.5 Å². The molecule has 1 aliphatic rings. The Morgan fingerprint density at radius 3 is 2.10 bits per heavy atom. The molecule has 1 rings (SSSR count). The van der Waals surface area contributed by atoms with Crippen LogP contribution in [0.2, 0.25) is 0 Å². The lowest BCUT2D eigenvalue weighted by Crippen LogP contribution is -2.43. The van der Waals surface area contributed by atoms with Gasteiger partial charge in [0.05, 0.1) is 5.75 Å². The van der Waals surface area contributed by atoms with Gasteiger partial charge in [0.25, 0.3) is 0 Å². The fourth-order valence-electron chi connectivity index (χ4n) is 2.52. The Balaban J connectivity index is 2.32. The maximum atomic E-state index is 12.1. The van der Waals surface area contributed by atoms with E-state index in [0.717, 1.165) is 38.6 Å². The summed E-state index contributed by atoms with van der Waals surface area (Å²) in [5.74, 6) is 0.241. The molecule has 1 fully saturated rings. The number of hydrogen-bond donors (Lipinski definition) is 2. The second-order valence-corrected chi connectivity index (χ2v) is 9.12. The van der Waals surface area contributed by atoms with Crippen LogP contribution in [0.3, 0.4) is 0 Å². The number of sulfonamides is 1. The molecule has 0 aromatic heterocycles. The van der Waals surface area contributed by atoms with Crippen LogP contribution in [0.1, 0.15) is 66.2 Å². The third kappa shape index (κ3) is 7.60. The van der Waals surface area contributed by atoms with Crippen molar-refractivity contribution in [1.29, 1.82) is 0 Å². The molecule has 5 heteroatoms. The highest BCUT2D eigenvalue weighted by molar-refractivity contribution is 7.89. The smallest absolute Gasteiger partial charge is 0.211 e. The van der Waals surface area contributed by atoms with Gasteiger partial charge >= 0.3 is 0 Å². The Hall–Kier alpha value is -0.130. The molecule has 0 aliphatic heterocycles. The van der Waals surface area contributed by atoms with Crippen LogP contribution in [0, 0.1) is 5.41 Å². The van der Waals surface area contributed by atoms with Gasteiger partial charge in [0.15, 0.2) is 0 Å². The topological polar surface area (TPSA) is 58.2 Å². The first-order valence-corrected chi connectivity index (χ1v) is 9.60. The second-order valence-electron chi connectivity index (χ2n) is 7.25. The largest absolute Gasteiger partial charge is 0.314 e. The van der Waals surface area contributed by atoms with Crippen molar-refractivity contribution in [2.45, 2.75) is 78.3 Å². The number of rotatable bonds is 7. The standard InChI is InChI=1S/C15H32N2O2S/c1-5-11-16-13-6-8-14(9-7-13)17-20(18,19)12-10-15(2,3)4/h13-14,16-17H,5-12H2,1-4H3. The zero-order valence-electron chi connectivity index (χ0n) is 13.5. The predicted molar refractivity (Wildman–Crippen MR) is 85.3 cm³/mol. The fraction of sp³-hybridized carbons (Fsp3) is 1.00. The minimum absolute atomic E-state index is 0.0660. The summed E-state index contributed by atoms with van der Waals surface area (Å²) in [4.78, 5) is 0. The zero-order valence-corrected chi connectivity index (χ0v) is 14.4. The average molecular weight is 305 g/mol. The van der Waals surface area contributed by atoms with Gasteiger partial charge in [0, 0.05) is 12.1 Å². The van der Waals surface area contributed by atoms with Crippen molar-refractivity contribution in [3.8, 4) is 0 Å². The minimum atomic E-state index is -3.12. The monoisotopic (exact) mass is 304 g/mol. The molecule has 0 saturated heterocycles. The summed E-state index contributed by atoms with van der Waals surface area (Å²) in [5, 5.41) is 3.52. The quantitative estimate of drug-likeness (QED) is 0.760. The third-order valence-electron chi connectivity index (χ3n) is 3.88. The van der Waals surface area contributed by atoms with Gasteiger partial charge in [-0.15, -0.1) is 0 Å². The first-order valence-electron chi connectivity index (χ1n) is 7.95. The summed E-state index contributed by atoms with van der Waals surface area (Å²) in [6, 6.07) is 0.713. The van der Waals surface area contributed by atoms with Crippen molar-refractivity contribution in [3.63, 3.8) is 0 Å². The highest BCUT2D eigenvalue weighted by Gasteiger charge is 2.25. The first kappa shape index (κ1) is 17.9. The normalized spacial score (nSPS) is 24.8. The van der Waals surface area contributed by atoms with Gasteiger partial charge in [0.1, 0.15) is 0 Å². The van der Waals surface area contributed by atoms with E-state index in [9.17, 15) is 8.42 Å². The molecule has 0 spiro atoms. The van der Waals surface area contributed by atoms with Gasteiger partial charge in [-0.1, -0.05) is 27.7 Å². The molecule has 4 nitrogen and oxygen atoms in total. The molecule has 0 radical (unpaired) electrons. The third-order valence-corrected chi connectivity index (χ3v) is 5.31. The van der Waals surface area contributed by atoms with E-state index in [2.05, 4.69) is 37.7 Å². The maximum Gasteiger partial charge on any atom is 0.211 e. The lowest BCUT2D eigenvalue weighted by atomic mass is 9.92. The van der Waals surface area contributed by atoms with Crippen LogP contribution in [0.25, 0.3) is 0 Å². The fourth-order valence-corrected chi connectivity index (χ4v) is 4.26. The minimum Gasteiger partial charge on any atom is -0.314 e. The Morgan fingerprint density at radius 1 is 1.05 bits per heavy atom. The first-order chi connectivity index (χ1) is 9.22. The molecule has 0 atom stereocenters. The van der Waals surface area contributed by atoms with E-state index in [0.29, 0.717) is 12.5 Å². The van der Waals surface area contributed by atoms with Crippen molar-refractivity contribution < 1.29 is 8.42 Å². The lowest BCUT2D eigenvalue weighted by Gasteiger charge is -2.30. The van der Waals surface area contributed by atoms with Crippen molar-refractivity contribution in [2.75, 3.05) is 12.3 Å². The zero-order chi connectivity index (χ0) is 15.2. The molecule has 0 bridgehead atoms. The van der Waals surface area contributed by atoms with Gasteiger partial charge in [-0.2, -0.15) is 0 Å². The summed E-state index contributed by atoms with van der Waals surface area (Å²) in [7, 11) is -3.12. The van der Waals surface area contributed by atoms with Gasteiger partial charge in [0.2, 0.25) is 10.0 Å². The van der Waals surface area contributed by atoms with E-state index in [1.165, 1.54) is 0 Å². The molecular formula is C15H32N2O2S. The Labute approximate surface area is 125 Å². The molecule has 0 aromatic carbocycles. The molecule has 1 saturated carbocycles. The summed E-state index contributed by atoms with van der Waals surface area (Å²) in [5.41, 5.74) is 0.0660. The summed E-state index contributed by atoms with van der Waals surface area (Å²) < 4.78 is 27.0. The summed E-state index contributed by atoms with van der Waals surface area (Å²) >= 11 is 0. The van der Waals surface area contributed by atoms with E-state index in [1.807, 2.05) is 0 Å². The van der Waals surface area contributed by atoms with Crippen molar-refractivity contribution >= 4 is 10.0 Å². The van der Waals surface area contributed by atoms with Crippen LogP contribution in [0.4, 0.5) is 0 Å². The Bertz CT molecular complexity index is 366. The SMILES string of the molecule is CCCNC1CCC(NS(=O)(=O)CCC(C)(C)C)CC1. The lowest BCUT2D eigenvalue weighted by molar-refractivity contribution is 0.329. The molecule has 0 unspecified atom stereocenters. The molecule has 2 N–H and O–H groups in total. The maximum absolute atomic E-state index is 12.1. The number of nitrogens with one attached hydrogen (secondary N) is 2. The van der Waals surface area contributed by atoms with E-state index in [4.69, 9.17) is 0 Å². The van der Waals surface area contributed by atoms with E-state index >= 15 is 0 Å². The van der Waals surface area contributed by atoms with Crippen molar-refractivity contribution in [1.82, 2.24) is 10.0 Å². The highest BCUT2D eigenvalue weighted by Crippen LogP contribution is 2.21. The molecule has 0 amide bonds. The van der Waals surface area contributed by atoms with Crippen LogP contribution >= 0.6 is 0 Å². The van der Waals surface area contributed by atoms with Crippen LogP contribution in [-0.2, 0) is 10.0 Å². The van der Waals surface area contributed by atoms with Crippen LogP contribution in [0.5, 0.6) is 0 Å². The molecule has 120 valence electrons. The van der Waals surface area contributed by atoms with Crippen molar-refractivity contribution in [3.05, 3.63) is 0 Å². The van der Waals surface area contributed by atoms with E-state index in [-0.39, 0.29) is 17.2 Å².